The van der Waals surface area contributed by atoms with Crippen molar-refractivity contribution in [3.8, 4) is 5.75 Å². The monoisotopic (exact) mass is 410 g/mol. The lowest BCUT2D eigenvalue weighted by molar-refractivity contribution is 0.00968. The molecule has 1 atom stereocenters. The number of aliphatic hydroxyl groups is 1. The number of hydrogen-bond donors (Lipinski definition) is 3. The van der Waals surface area contributed by atoms with Gasteiger partial charge in [-0.2, -0.15) is 0 Å². The first kappa shape index (κ1) is 21.6. The highest BCUT2D eigenvalue weighted by Gasteiger charge is 2.25. The molecular formula is C23H30N4O3. The maximum absolute atomic E-state index is 12.0. The SMILES string of the molecule is CCN(CC)c1ccc2c(c1)OC(O)C(CCNC(=O)NCc1ccncc1)=C2C. The number of benzene rings is 1. The second kappa shape index (κ2) is 10.1. The van der Waals surface area contributed by atoms with Crippen LogP contribution in [0.2, 0.25) is 0 Å². The highest BCUT2D eigenvalue weighted by molar-refractivity contribution is 5.76. The Balaban J connectivity index is 1.59. The number of aliphatic hydroxyl groups excluding tert-OH is 1. The number of nitrogens with zero attached hydrogens (tertiary/aromatic N) is 2. The van der Waals surface area contributed by atoms with Crippen molar-refractivity contribution >= 4 is 17.3 Å². The summed E-state index contributed by atoms with van der Waals surface area (Å²) >= 11 is 0. The molecule has 2 amide bonds. The highest BCUT2D eigenvalue weighted by atomic mass is 16.6. The number of allylic oxidation sites excluding steroid dienone is 1. The van der Waals surface area contributed by atoms with Gasteiger partial charge in [-0.15, -0.1) is 0 Å². The zero-order valence-corrected chi connectivity index (χ0v) is 17.8. The molecule has 1 aromatic carbocycles. The summed E-state index contributed by atoms with van der Waals surface area (Å²) in [5, 5.41) is 16.2. The summed E-state index contributed by atoms with van der Waals surface area (Å²) in [5.74, 6) is 0.691. The minimum atomic E-state index is -1.01. The van der Waals surface area contributed by atoms with Crippen LogP contribution in [-0.2, 0) is 6.54 Å². The normalized spacial score (nSPS) is 15.3. The molecule has 7 nitrogen and oxygen atoms in total. The van der Waals surface area contributed by atoms with E-state index in [1.54, 1.807) is 12.4 Å². The third-order valence-electron chi connectivity index (χ3n) is 5.40. The second-order valence-corrected chi connectivity index (χ2v) is 7.19. The molecule has 3 rings (SSSR count). The van der Waals surface area contributed by atoms with Crippen molar-refractivity contribution in [3.05, 3.63) is 59.4 Å². The number of hydrogen-bond acceptors (Lipinski definition) is 5. The molecule has 1 aliphatic rings. The quantitative estimate of drug-likeness (QED) is 0.622. The molecule has 0 spiro atoms. The third kappa shape index (κ3) is 5.10. The molecule has 30 heavy (non-hydrogen) atoms. The fourth-order valence-corrected chi connectivity index (χ4v) is 3.62. The number of amides is 2. The summed E-state index contributed by atoms with van der Waals surface area (Å²) in [6.45, 7) is 8.87. The van der Waals surface area contributed by atoms with Gasteiger partial charge in [0.2, 0.25) is 6.29 Å². The predicted molar refractivity (Wildman–Crippen MR) is 118 cm³/mol. The van der Waals surface area contributed by atoms with E-state index in [2.05, 4.69) is 40.4 Å². The van der Waals surface area contributed by atoms with Gasteiger partial charge >= 0.3 is 6.03 Å². The maximum Gasteiger partial charge on any atom is 0.315 e. The van der Waals surface area contributed by atoms with Gasteiger partial charge < -0.3 is 25.4 Å². The van der Waals surface area contributed by atoms with E-state index >= 15 is 0 Å². The first-order valence-electron chi connectivity index (χ1n) is 10.4. The summed E-state index contributed by atoms with van der Waals surface area (Å²) in [4.78, 5) is 18.2. The summed E-state index contributed by atoms with van der Waals surface area (Å²) < 4.78 is 5.79. The number of rotatable bonds is 8. The number of urea groups is 1. The molecule has 7 heteroatoms. The van der Waals surface area contributed by atoms with E-state index in [1.165, 1.54) is 0 Å². The number of ether oxygens (including phenoxy) is 1. The van der Waals surface area contributed by atoms with Crippen LogP contribution >= 0.6 is 0 Å². The topological polar surface area (TPSA) is 86.7 Å². The smallest absolute Gasteiger partial charge is 0.315 e. The maximum atomic E-state index is 12.0. The molecule has 0 fully saturated rings. The zero-order valence-electron chi connectivity index (χ0n) is 17.8. The molecule has 3 N–H and O–H groups in total. The van der Waals surface area contributed by atoms with Crippen LogP contribution in [0.4, 0.5) is 10.5 Å². The molecule has 0 aliphatic carbocycles. The largest absolute Gasteiger partial charge is 0.460 e. The molecule has 0 saturated carbocycles. The van der Waals surface area contributed by atoms with Gasteiger partial charge in [-0.05, 0) is 62.6 Å². The molecule has 2 heterocycles. The minimum Gasteiger partial charge on any atom is -0.460 e. The van der Waals surface area contributed by atoms with E-state index in [1.807, 2.05) is 31.2 Å². The molecule has 1 aliphatic heterocycles. The van der Waals surface area contributed by atoms with E-state index in [0.717, 1.165) is 41.1 Å². The van der Waals surface area contributed by atoms with Crippen molar-refractivity contribution in [2.45, 2.75) is 40.0 Å². The fourth-order valence-electron chi connectivity index (χ4n) is 3.62. The minimum absolute atomic E-state index is 0.249. The van der Waals surface area contributed by atoms with Crippen LogP contribution in [0.1, 0.15) is 38.3 Å². The molecule has 1 aromatic heterocycles. The van der Waals surface area contributed by atoms with Crippen molar-refractivity contribution < 1.29 is 14.6 Å². The first-order chi connectivity index (χ1) is 14.5. The number of carbonyl (C=O) groups is 1. The van der Waals surface area contributed by atoms with Gasteiger partial charge in [0.15, 0.2) is 0 Å². The fraction of sp³-hybridized carbons (Fsp3) is 0.391. The molecule has 0 radical (unpaired) electrons. The number of aromatic nitrogens is 1. The van der Waals surface area contributed by atoms with Crippen molar-refractivity contribution in [2.75, 3.05) is 24.5 Å². The first-order valence-corrected chi connectivity index (χ1v) is 10.4. The van der Waals surface area contributed by atoms with Crippen LogP contribution in [-0.4, -0.2) is 42.0 Å². The Kier molecular flexibility index (Phi) is 7.30. The van der Waals surface area contributed by atoms with Crippen LogP contribution < -0.4 is 20.3 Å². The van der Waals surface area contributed by atoms with Gasteiger partial charge in [0.25, 0.3) is 0 Å². The summed E-state index contributed by atoms with van der Waals surface area (Å²) in [6.07, 6.45) is 2.88. The van der Waals surface area contributed by atoms with E-state index < -0.39 is 6.29 Å². The lowest BCUT2D eigenvalue weighted by atomic mass is 9.95. The molecular weight excluding hydrogens is 380 g/mol. The van der Waals surface area contributed by atoms with Gasteiger partial charge in [0, 0.05) is 61.5 Å². The Labute approximate surface area is 177 Å². The van der Waals surface area contributed by atoms with Crippen LogP contribution in [0.5, 0.6) is 5.75 Å². The predicted octanol–water partition coefficient (Wildman–Crippen LogP) is 3.30. The Hall–Kier alpha value is -3.06. The van der Waals surface area contributed by atoms with Crippen LogP contribution in [0, 0.1) is 0 Å². The van der Waals surface area contributed by atoms with Crippen molar-refractivity contribution in [1.82, 2.24) is 15.6 Å². The summed E-state index contributed by atoms with van der Waals surface area (Å²) in [6, 6.07) is 9.57. The lowest BCUT2D eigenvalue weighted by Gasteiger charge is -2.29. The number of anilines is 1. The summed E-state index contributed by atoms with van der Waals surface area (Å²) in [5.41, 5.74) is 4.82. The number of fused-ring (bicyclic) bond motifs is 1. The Morgan fingerprint density at radius 3 is 2.60 bits per heavy atom. The molecule has 2 aromatic rings. The van der Waals surface area contributed by atoms with Crippen LogP contribution in [0.25, 0.3) is 5.57 Å². The number of pyridine rings is 1. The van der Waals surface area contributed by atoms with Crippen LogP contribution in [0.15, 0.2) is 48.3 Å². The standard InChI is InChI=1S/C23H30N4O3/c1-4-27(5-2)18-6-7-19-16(3)20(22(28)30-21(19)14-18)10-13-25-23(29)26-15-17-8-11-24-12-9-17/h6-9,11-12,14,22,28H,4-5,10,13,15H2,1-3H3,(H2,25,26,29). The van der Waals surface area contributed by atoms with Crippen molar-refractivity contribution in [2.24, 2.45) is 0 Å². The molecule has 0 bridgehead atoms. The summed E-state index contributed by atoms with van der Waals surface area (Å²) in [7, 11) is 0. The van der Waals surface area contributed by atoms with Gasteiger partial charge in [-0.3, -0.25) is 4.98 Å². The van der Waals surface area contributed by atoms with E-state index in [0.29, 0.717) is 25.3 Å². The third-order valence-corrected chi connectivity index (χ3v) is 5.40. The van der Waals surface area contributed by atoms with Crippen LogP contribution in [0.3, 0.4) is 0 Å². The number of nitrogens with one attached hydrogen (secondary N) is 2. The molecule has 1 unspecified atom stereocenters. The molecule has 160 valence electrons. The van der Waals surface area contributed by atoms with E-state index in [-0.39, 0.29) is 6.03 Å². The lowest BCUT2D eigenvalue weighted by Crippen LogP contribution is -2.36. The van der Waals surface area contributed by atoms with Gasteiger partial charge in [-0.1, -0.05) is 0 Å². The Bertz CT molecular complexity index is 895. The van der Waals surface area contributed by atoms with Crippen molar-refractivity contribution in [3.63, 3.8) is 0 Å². The van der Waals surface area contributed by atoms with Gasteiger partial charge in [0.05, 0.1) is 0 Å². The average molecular weight is 411 g/mol. The van der Waals surface area contributed by atoms with Gasteiger partial charge in [-0.25, -0.2) is 4.79 Å². The highest BCUT2D eigenvalue weighted by Crippen LogP contribution is 2.38. The Morgan fingerprint density at radius 2 is 1.90 bits per heavy atom. The van der Waals surface area contributed by atoms with Gasteiger partial charge in [0.1, 0.15) is 5.75 Å². The molecule has 0 saturated heterocycles. The number of carbonyl (C=O) groups excluding carboxylic acids is 1. The Morgan fingerprint density at radius 1 is 1.17 bits per heavy atom. The average Bonchev–Trinajstić information content (AvgIpc) is 2.76. The second-order valence-electron chi connectivity index (χ2n) is 7.19. The van der Waals surface area contributed by atoms with Crippen molar-refractivity contribution in [1.29, 1.82) is 0 Å². The van der Waals surface area contributed by atoms with E-state index in [9.17, 15) is 9.90 Å². The van der Waals surface area contributed by atoms with E-state index in [4.69, 9.17) is 4.74 Å². The zero-order chi connectivity index (χ0) is 21.5.